The highest BCUT2D eigenvalue weighted by molar-refractivity contribution is 5.87. The first-order valence-electron chi connectivity index (χ1n) is 14.4. The second-order valence-electron chi connectivity index (χ2n) is 11.7. The Morgan fingerprint density at radius 2 is 1.00 bits per heavy atom. The molecule has 0 fully saturated rings. The molecule has 0 aromatic heterocycles. The van der Waals surface area contributed by atoms with Crippen molar-refractivity contribution in [1.82, 2.24) is 0 Å². The van der Waals surface area contributed by atoms with Gasteiger partial charge in [0.25, 0.3) is 0 Å². The van der Waals surface area contributed by atoms with Crippen molar-refractivity contribution in [1.29, 1.82) is 0 Å². The van der Waals surface area contributed by atoms with Crippen LogP contribution >= 0.6 is 0 Å². The zero-order valence-corrected chi connectivity index (χ0v) is 23.3. The minimum absolute atomic E-state index is 0.0273. The maximum Gasteiger partial charge on any atom is 0.132 e. The zero-order chi connectivity index (χ0) is 27.6. The second kappa shape index (κ2) is 8.81. The van der Waals surface area contributed by atoms with Gasteiger partial charge in [-0.05, 0) is 62.7 Å². The van der Waals surface area contributed by atoms with E-state index in [1.54, 1.807) is 0 Å². The molecule has 1 aliphatic carbocycles. The van der Waals surface area contributed by atoms with Crippen LogP contribution in [0, 0.1) is 0 Å². The van der Waals surface area contributed by atoms with Gasteiger partial charge in [0.05, 0.1) is 5.41 Å². The SMILES string of the molecule is CC1(C)c2ccccc2-c2cc(-c3cccc4c3C(c3ccccc3)(c3ccccc3)c3ccccc3O4)ccc21. The van der Waals surface area contributed by atoms with Crippen LogP contribution in [0.2, 0.25) is 0 Å². The number of para-hydroxylation sites is 1. The summed E-state index contributed by atoms with van der Waals surface area (Å²) in [4.78, 5) is 0. The molecule has 0 radical (unpaired) electrons. The van der Waals surface area contributed by atoms with Gasteiger partial charge in [-0.1, -0.05) is 141 Å². The maximum atomic E-state index is 6.72. The molecular weight excluding hydrogens is 496 g/mol. The fourth-order valence-corrected chi connectivity index (χ4v) is 7.39. The Labute approximate surface area is 241 Å². The molecular formula is C40H30O. The highest BCUT2D eigenvalue weighted by Gasteiger charge is 2.47. The summed E-state index contributed by atoms with van der Waals surface area (Å²) >= 11 is 0. The van der Waals surface area contributed by atoms with E-state index in [1.165, 1.54) is 50.1 Å². The summed E-state index contributed by atoms with van der Waals surface area (Å²) in [5.74, 6) is 1.80. The van der Waals surface area contributed by atoms with Gasteiger partial charge in [-0.15, -0.1) is 0 Å². The van der Waals surface area contributed by atoms with Crippen LogP contribution in [0.4, 0.5) is 0 Å². The summed E-state index contributed by atoms with van der Waals surface area (Å²) in [5.41, 5.74) is 12.0. The number of hydrogen-bond donors (Lipinski definition) is 0. The van der Waals surface area contributed by atoms with E-state index in [4.69, 9.17) is 4.74 Å². The van der Waals surface area contributed by atoms with Crippen molar-refractivity contribution in [2.45, 2.75) is 24.7 Å². The van der Waals surface area contributed by atoms with Crippen LogP contribution in [0.25, 0.3) is 22.3 Å². The standard InChI is InChI=1S/C40H30O/c1-39(2)33-20-10-9-18-31(33)32-26-27(24-25-34(32)39)30-19-13-23-37-38(30)40(28-14-5-3-6-15-28,29-16-7-4-8-17-29)35-21-11-12-22-36(35)41-37/h3-26H,1-2H3. The molecule has 0 N–H and O–H groups in total. The van der Waals surface area contributed by atoms with E-state index in [2.05, 4.69) is 159 Å². The predicted octanol–water partition coefficient (Wildman–Crippen LogP) is 10.1. The Balaban J connectivity index is 1.47. The minimum atomic E-state index is -0.556. The molecule has 2 aliphatic rings. The van der Waals surface area contributed by atoms with Crippen molar-refractivity contribution in [3.8, 4) is 33.8 Å². The third-order valence-electron chi connectivity index (χ3n) is 9.22. The Hall–Kier alpha value is -4.88. The highest BCUT2D eigenvalue weighted by Crippen LogP contribution is 2.58. The predicted molar refractivity (Wildman–Crippen MR) is 168 cm³/mol. The van der Waals surface area contributed by atoms with Crippen molar-refractivity contribution >= 4 is 0 Å². The van der Waals surface area contributed by atoms with Gasteiger partial charge < -0.3 is 4.74 Å². The summed E-state index contributed by atoms with van der Waals surface area (Å²) in [7, 11) is 0. The van der Waals surface area contributed by atoms with Crippen molar-refractivity contribution in [3.05, 3.63) is 179 Å². The second-order valence-corrected chi connectivity index (χ2v) is 11.7. The molecule has 1 heteroatoms. The Morgan fingerprint density at radius 3 is 1.73 bits per heavy atom. The van der Waals surface area contributed by atoms with Gasteiger partial charge in [-0.2, -0.15) is 0 Å². The third kappa shape index (κ3) is 3.30. The molecule has 6 aromatic rings. The van der Waals surface area contributed by atoms with E-state index in [1.807, 2.05) is 0 Å². The molecule has 196 valence electrons. The van der Waals surface area contributed by atoms with E-state index in [9.17, 15) is 0 Å². The van der Waals surface area contributed by atoms with E-state index in [-0.39, 0.29) is 5.41 Å². The van der Waals surface area contributed by atoms with E-state index >= 15 is 0 Å². The third-order valence-corrected chi connectivity index (χ3v) is 9.22. The topological polar surface area (TPSA) is 9.23 Å². The normalized spacial score (nSPS) is 15.2. The fourth-order valence-electron chi connectivity index (χ4n) is 7.39. The molecule has 0 unspecified atom stereocenters. The molecule has 1 aliphatic heterocycles. The minimum Gasteiger partial charge on any atom is -0.457 e. The van der Waals surface area contributed by atoms with E-state index in [0.29, 0.717) is 0 Å². The van der Waals surface area contributed by atoms with Gasteiger partial charge >= 0.3 is 0 Å². The lowest BCUT2D eigenvalue weighted by molar-refractivity contribution is 0.435. The van der Waals surface area contributed by atoms with Crippen molar-refractivity contribution in [2.75, 3.05) is 0 Å². The zero-order valence-electron chi connectivity index (χ0n) is 23.3. The van der Waals surface area contributed by atoms with E-state index < -0.39 is 5.41 Å². The monoisotopic (exact) mass is 526 g/mol. The Morgan fingerprint density at radius 1 is 0.439 bits per heavy atom. The summed E-state index contributed by atoms with van der Waals surface area (Å²) in [5, 5.41) is 0. The van der Waals surface area contributed by atoms with Crippen molar-refractivity contribution in [3.63, 3.8) is 0 Å². The lowest BCUT2D eigenvalue weighted by Gasteiger charge is -2.42. The molecule has 1 nitrogen and oxygen atoms in total. The lowest BCUT2D eigenvalue weighted by atomic mass is 9.62. The summed E-state index contributed by atoms with van der Waals surface area (Å²) in [6, 6.07) is 52.8. The number of hydrogen-bond acceptors (Lipinski definition) is 1. The molecule has 0 saturated heterocycles. The van der Waals surface area contributed by atoms with Gasteiger partial charge in [-0.3, -0.25) is 0 Å². The Bertz CT molecular complexity index is 1890. The van der Waals surface area contributed by atoms with Crippen molar-refractivity contribution in [2.24, 2.45) is 0 Å². The highest BCUT2D eigenvalue weighted by atomic mass is 16.5. The first-order chi connectivity index (χ1) is 20.1. The number of benzene rings is 6. The fraction of sp³-hybridized carbons (Fsp3) is 0.100. The van der Waals surface area contributed by atoms with Gasteiger partial charge in [0.15, 0.2) is 0 Å². The smallest absolute Gasteiger partial charge is 0.132 e. The first kappa shape index (κ1) is 24.0. The molecule has 8 rings (SSSR count). The van der Waals surface area contributed by atoms with Gasteiger partial charge in [-0.25, -0.2) is 0 Å². The summed E-state index contributed by atoms with van der Waals surface area (Å²) < 4.78 is 6.72. The molecule has 0 atom stereocenters. The number of rotatable bonds is 3. The van der Waals surface area contributed by atoms with Crippen LogP contribution < -0.4 is 4.74 Å². The maximum absolute atomic E-state index is 6.72. The molecule has 1 heterocycles. The van der Waals surface area contributed by atoms with Crippen LogP contribution in [0.5, 0.6) is 11.5 Å². The molecule has 0 amide bonds. The van der Waals surface area contributed by atoms with Crippen LogP contribution in [-0.4, -0.2) is 0 Å². The molecule has 0 bridgehead atoms. The Kier molecular flexibility index (Phi) is 5.15. The van der Waals surface area contributed by atoms with Gasteiger partial charge in [0.2, 0.25) is 0 Å². The quantitative estimate of drug-likeness (QED) is 0.223. The summed E-state index contributed by atoms with van der Waals surface area (Å²) in [6.45, 7) is 4.67. The molecule has 0 spiro atoms. The van der Waals surface area contributed by atoms with Crippen LogP contribution in [0.15, 0.2) is 146 Å². The van der Waals surface area contributed by atoms with Gasteiger partial charge in [0.1, 0.15) is 11.5 Å². The van der Waals surface area contributed by atoms with Crippen molar-refractivity contribution < 1.29 is 4.74 Å². The molecule has 6 aromatic carbocycles. The average Bonchev–Trinajstić information content (AvgIpc) is 3.26. The van der Waals surface area contributed by atoms with Gasteiger partial charge in [0, 0.05) is 16.5 Å². The van der Waals surface area contributed by atoms with Crippen LogP contribution in [0.3, 0.4) is 0 Å². The largest absolute Gasteiger partial charge is 0.457 e. The lowest BCUT2D eigenvalue weighted by Crippen LogP contribution is -2.34. The van der Waals surface area contributed by atoms with E-state index in [0.717, 1.165) is 17.1 Å². The summed E-state index contributed by atoms with van der Waals surface area (Å²) in [6.07, 6.45) is 0. The molecule has 0 saturated carbocycles. The molecule has 41 heavy (non-hydrogen) atoms. The average molecular weight is 527 g/mol. The van der Waals surface area contributed by atoms with Crippen LogP contribution in [-0.2, 0) is 10.8 Å². The number of ether oxygens (including phenoxy) is 1. The first-order valence-corrected chi connectivity index (χ1v) is 14.4. The van der Waals surface area contributed by atoms with Crippen LogP contribution in [0.1, 0.15) is 47.2 Å². The number of fused-ring (bicyclic) bond motifs is 5.